The molecule has 3 rings (SSSR count). The van der Waals surface area contributed by atoms with Crippen molar-refractivity contribution >= 4 is 34.4 Å². The Labute approximate surface area is 167 Å². The van der Waals surface area contributed by atoms with E-state index in [-0.39, 0.29) is 11.3 Å². The summed E-state index contributed by atoms with van der Waals surface area (Å²) in [5.41, 5.74) is 1.12. The first kappa shape index (κ1) is 19.9. The lowest BCUT2D eigenvalue weighted by Crippen LogP contribution is -2.26. The zero-order chi connectivity index (χ0) is 21.0. The Morgan fingerprint density at radius 3 is 2.24 bits per heavy atom. The van der Waals surface area contributed by atoms with E-state index in [0.717, 1.165) is 5.39 Å². The van der Waals surface area contributed by atoms with Crippen molar-refractivity contribution in [2.24, 2.45) is 0 Å². The summed E-state index contributed by atoms with van der Waals surface area (Å²) in [5, 5.41) is 1.47. The van der Waals surface area contributed by atoms with Crippen molar-refractivity contribution in [2.45, 2.75) is 0 Å². The summed E-state index contributed by atoms with van der Waals surface area (Å²) in [6.45, 7) is 0. The topological polar surface area (TPSA) is 82.1 Å². The van der Waals surface area contributed by atoms with Crippen molar-refractivity contribution in [3.05, 3.63) is 77.7 Å². The highest BCUT2D eigenvalue weighted by Gasteiger charge is 2.27. The quantitative estimate of drug-likeness (QED) is 0.583. The summed E-state index contributed by atoms with van der Waals surface area (Å²) in [4.78, 5) is 38.3. The van der Waals surface area contributed by atoms with Crippen LogP contribution in [0.25, 0.3) is 10.8 Å². The van der Waals surface area contributed by atoms with Crippen LogP contribution in [0.15, 0.2) is 72.1 Å². The second-order valence-corrected chi connectivity index (χ2v) is 6.02. The molecule has 0 saturated carbocycles. The highest BCUT2D eigenvalue weighted by Crippen LogP contribution is 2.30. The van der Waals surface area contributed by atoms with Gasteiger partial charge in [0.2, 0.25) is 0 Å². The lowest BCUT2D eigenvalue weighted by Gasteiger charge is -2.23. The summed E-state index contributed by atoms with van der Waals surface area (Å²) in [7, 11) is 3.81. The number of allylic oxidation sites excluding steroid dienone is 2. The van der Waals surface area contributed by atoms with Gasteiger partial charge in [-0.3, -0.25) is 0 Å². The molecule has 1 aliphatic heterocycles. The highest BCUT2D eigenvalue weighted by molar-refractivity contribution is 6.07. The molecule has 2 aromatic rings. The first-order valence-corrected chi connectivity index (χ1v) is 8.68. The molecule has 148 valence electrons. The van der Waals surface area contributed by atoms with Gasteiger partial charge < -0.3 is 19.1 Å². The monoisotopic (exact) mass is 393 g/mol. The third-order valence-corrected chi connectivity index (χ3v) is 4.44. The standard InChI is InChI=1S/C22H19NO6/c1-27-20(24)17-9-6-7-14-13-15(10-11-16(14)17)23-12-5-4-8-18(21(25)28-2)19(23)22(26)29-3/h4-13H,1-3H3. The van der Waals surface area contributed by atoms with Gasteiger partial charge in [-0.2, -0.15) is 0 Å². The van der Waals surface area contributed by atoms with Crippen molar-refractivity contribution in [2.75, 3.05) is 26.2 Å². The van der Waals surface area contributed by atoms with Crippen LogP contribution in [0, 0.1) is 0 Å². The molecule has 0 saturated heterocycles. The van der Waals surface area contributed by atoms with Gasteiger partial charge in [0.15, 0.2) is 0 Å². The number of rotatable bonds is 4. The molecular formula is C22H19NO6. The van der Waals surface area contributed by atoms with E-state index in [9.17, 15) is 14.4 Å². The summed E-state index contributed by atoms with van der Waals surface area (Å²) in [6.07, 6.45) is 6.45. The van der Waals surface area contributed by atoms with Crippen LogP contribution in [0.3, 0.4) is 0 Å². The maximum atomic E-state index is 12.5. The predicted molar refractivity (Wildman–Crippen MR) is 107 cm³/mol. The number of nitrogens with zero attached hydrogens (tertiary/aromatic N) is 1. The minimum atomic E-state index is -0.690. The highest BCUT2D eigenvalue weighted by atomic mass is 16.5. The zero-order valence-corrected chi connectivity index (χ0v) is 16.2. The number of esters is 3. The maximum absolute atomic E-state index is 12.5. The Balaban J connectivity index is 2.19. The number of ether oxygens (including phenoxy) is 3. The van der Waals surface area contributed by atoms with Crippen LogP contribution in [0.4, 0.5) is 5.69 Å². The number of carbonyl (C=O) groups is 3. The number of anilines is 1. The second kappa shape index (κ2) is 8.43. The molecule has 0 atom stereocenters. The van der Waals surface area contributed by atoms with E-state index in [1.165, 1.54) is 27.4 Å². The van der Waals surface area contributed by atoms with Crippen LogP contribution < -0.4 is 4.90 Å². The number of benzene rings is 2. The van der Waals surface area contributed by atoms with E-state index in [2.05, 4.69) is 0 Å². The van der Waals surface area contributed by atoms with Crippen LogP contribution in [-0.2, 0) is 23.8 Å². The molecule has 0 radical (unpaired) electrons. The molecule has 29 heavy (non-hydrogen) atoms. The van der Waals surface area contributed by atoms with Crippen molar-refractivity contribution in [3.63, 3.8) is 0 Å². The van der Waals surface area contributed by atoms with Gasteiger partial charge in [-0.15, -0.1) is 0 Å². The number of hydrogen-bond acceptors (Lipinski definition) is 7. The predicted octanol–water partition coefficient (Wildman–Crippen LogP) is 3.12. The van der Waals surface area contributed by atoms with E-state index in [0.29, 0.717) is 16.6 Å². The summed E-state index contributed by atoms with van der Waals surface area (Å²) < 4.78 is 14.6. The number of hydrogen-bond donors (Lipinski definition) is 0. The van der Waals surface area contributed by atoms with Crippen LogP contribution in [-0.4, -0.2) is 39.2 Å². The molecule has 2 aromatic carbocycles. The van der Waals surface area contributed by atoms with Crippen LogP contribution in [0.5, 0.6) is 0 Å². The average molecular weight is 393 g/mol. The largest absolute Gasteiger partial charge is 0.465 e. The lowest BCUT2D eigenvalue weighted by atomic mass is 10.0. The molecule has 0 amide bonds. The van der Waals surface area contributed by atoms with E-state index in [1.807, 2.05) is 6.07 Å². The van der Waals surface area contributed by atoms with Crippen LogP contribution >= 0.6 is 0 Å². The van der Waals surface area contributed by atoms with Crippen molar-refractivity contribution in [3.8, 4) is 0 Å². The molecular weight excluding hydrogens is 374 g/mol. The third kappa shape index (κ3) is 3.75. The molecule has 0 unspecified atom stereocenters. The first-order valence-electron chi connectivity index (χ1n) is 8.68. The smallest absolute Gasteiger partial charge is 0.355 e. The van der Waals surface area contributed by atoms with Gasteiger partial charge in [-0.05, 0) is 41.1 Å². The maximum Gasteiger partial charge on any atom is 0.355 e. The summed E-state index contributed by atoms with van der Waals surface area (Å²) in [6, 6.07) is 10.6. The average Bonchev–Trinajstić information content (AvgIpc) is 2.99. The van der Waals surface area contributed by atoms with Gasteiger partial charge in [0, 0.05) is 11.9 Å². The Morgan fingerprint density at radius 1 is 0.828 bits per heavy atom. The van der Waals surface area contributed by atoms with E-state index >= 15 is 0 Å². The van der Waals surface area contributed by atoms with Crippen LogP contribution in [0.1, 0.15) is 10.4 Å². The molecule has 0 spiro atoms. The fourth-order valence-electron chi connectivity index (χ4n) is 3.07. The summed E-state index contributed by atoms with van der Waals surface area (Å²) in [5.74, 6) is -1.79. The first-order chi connectivity index (χ1) is 14.0. The Hall–Kier alpha value is -3.87. The van der Waals surface area contributed by atoms with Crippen molar-refractivity contribution in [1.82, 2.24) is 0 Å². The molecule has 0 aliphatic carbocycles. The fraction of sp³-hybridized carbons (Fsp3) is 0.136. The van der Waals surface area contributed by atoms with Gasteiger partial charge in [-0.1, -0.05) is 24.3 Å². The van der Waals surface area contributed by atoms with Gasteiger partial charge >= 0.3 is 17.9 Å². The van der Waals surface area contributed by atoms with E-state index in [1.54, 1.807) is 53.6 Å². The minimum absolute atomic E-state index is 0.0211. The third-order valence-electron chi connectivity index (χ3n) is 4.44. The normalized spacial score (nSPS) is 13.3. The Kier molecular flexibility index (Phi) is 5.78. The van der Waals surface area contributed by atoms with E-state index in [4.69, 9.17) is 14.2 Å². The minimum Gasteiger partial charge on any atom is -0.465 e. The second-order valence-electron chi connectivity index (χ2n) is 6.02. The van der Waals surface area contributed by atoms with Gasteiger partial charge in [0.25, 0.3) is 0 Å². The molecule has 7 heteroatoms. The molecule has 0 bridgehead atoms. The van der Waals surface area contributed by atoms with Crippen molar-refractivity contribution < 1.29 is 28.6 Å². The molecule has 0 N–H and O–H groups in total. The Morgan fingerprint density at radius 2 is 1.55 bits per heavy atom. The Bertz CT molecular complexity index is 1080. The molecule has 1 aliphatic rings. The molecule has 7 nitrogen and oxygen atoms in total. The molecule has 0 aromatic heterocycles. The lowest BCUT2D eigenvalue weighted by molar-refractivity contribution is -0.139. The van der Waals surface area contributed by atoms with Gasteiger partial charge in [0.1, 0.15) is 5.70 Å². The number of methoxy groups -OCH3 is 3. The zero-order valence-electron chi connectivity index (χ0n) is 16.2. The van der Waals surface area contributed by atoms with E-state index < -0.39 is 17.9 Å². The molecule has 0 fully saturated rings. The SMILES string of the molecule is COC(=O)C1=C(C(=O)OC)N(c2ccc3c(C(=O)OC)cccc3c2)C=CC=C1. The van der Waals surface area contributed by atoms with Crippen molar-refractivity contribution in [1.29, 1.82) is 0 Å². The van der Waals surface area contributed by atoms with Gasteiger partial charge in [0.05, 0.1) is 32.5 Å². The van der Waals surface area contributed by atoms with Crippen LogP contribution in [0.2, 0.25) is 0 Å². The number of carbonyl (C=O) groups excluding carboxylic acids is 3. The number of fused-ring (bicyclic) bond motifs is 1. The molecule has 1 heterocycles. The fourth-order valence-corrected chi connectivity index (χ4v) is 3.07. The van der Waals surface area contributed by atoms with Gasteiger partial charge in [-0.25, -0.2) is 14.4 Å². The summed E-state index contributed by atoms with van der Waals surface area (Å²) >= 11 is 0.